The van der Waals surface area contributed by atoms with E-state index in [1.807, 2.05) is 31.0 Å². The Morgan fingerprint density at radius 2 is 1.88 bits per heavy atom. The van der Waals surface area contributed by atoms with Crippen molar-refractivity contribution in [3.05, 3.63) is 53.3 Å². The predicted octanol–water partition coefficient (Wildman–Crippen LogP) is 2.04. The lowest BCUT2D eigenvalue weighted by atomic mass is 10.0. The molecule has 1 aromatic heterocycles. The van der Waals surface area contributed by atoms with Gasteiger partial charge in [-0.1, -0.05) is 29.8 Å². The van der Waals surface area contributed by atoms with Gasteiger partial charge in [-0.3, -0.25) is 4.68 Å². The van der Waals surface area contributed by atoms with Gasteiger partial charge in [-0.05, 0) is 25.6 Å². The van der Waals surface area contributed by atoms with E-state index in [0.717, 1.165) is 5.69 Å². The lowest BCUT2D eigenvalue weighted by molar-refractivity contribution is 0.642. The average Bonchev–Trinajstić information content (AvgIpc) is 2.69. The van der Waals surface area contributed by atoms with Crippen LogP contribution in [0.25, 0.3) is 0 Å². The van der Waals surface area contributed by atoms with Crippen molar-refractivity contribution in [2.24, 2.45) is 7.05 Å². The maximum absolute atomic E-state index is 4.43. The van der Waals surface area contributed by atoms with Crippen molar-refractivity contribution in [1.29, 1.82) is 0 Å². The van der Waals surface area contributed by atoms with Crippen molar-refractivity contribution in [3.63, 3.8) is 0 Å². The molecule has 1 N–H and O–H groups in total. The molecule has 0 saturated heterocycles. The van der Waals surface area contributed by atoms with E-state index >= 15 is 0 Å². The van der Waals surface area contributed by atoms with Crippen molar-refractivity contribution in [2.75, 3.05) is 7.05 Å². The molecule has 16 heavy (non-hydrogen) atoms. The molecule has 0 aliphatic rings. The molecule has 2 rings (SSSR count). The number of aromatic nitrogens is 2. The van der Waals surface area contributed by atoms with Crippen LogP contribution >= 0.6 is 0 Å². The minimum atomic E-state index is 0.168. The van der Waals surface area contributed by atoms with Crippen LogP contribution in [-0.2, 0) is 7.05 Å². The molecule has 2 aromatic rings. The maximum Gasteiger partial charge on any atom is 0.0839 e. The van der Waals surface area contributed by atoms with Crippen LogP contribution in [0.1, 0.15) is 22.9 Å². The first-order valence-corrected chi connectivity index (χ1v) is 5.44. The van der Waals surface area contributed by atoms with Crippen LogP contribution in [0.4, 0.5) is 0 Å². The zero-order valence-electron chi connectivity index (χ0n) is 9.94. The van der Waals surface area contributed by atoms with Gasteiger partial charge in [0.2, 0.25) is 0 Å². The zero-order chi connectivity index (χ0) is 11.5. The molecule has 0 radical (unpaired) electrons. The molecule has 0 bridgehead atoms. The molecule has 0 saturated carbocycles. The molecule has 3 nitrogen and oxygen atoms in total. The van der Waals surface area contributed by atoms with Crippen molar-refractivity contribution < 1.29 is 0 Å². The number of benzene rings is 1. The van der Waals surface area contributed by atoms with Crippen LogP contribution < -0.4 is 5.32 Å². The summed E-state index contributed by atoms with van der Waals surface area (Å²) in [5, 5.41) is 7.73. The highest BCUT2D eigenvalue weighted by Crippen LogP contribution is 2.20. The average molecular weight is 215 g/mol. The van der Waals surface area contributed by atoms with E-state index in [4.69, 9.17) is 0 Å². The van der Waals surface area contributed by atoms with E-state index < -0.39 is 0 Å². The molecular formula is C13H17N3. The number of nitrogens with one attached hydrogen (secondary N) is 1. The largest absolute Gasteiger partial charge is 0.308 e. The summed E-state index contributed by atoms with van der Waals surface area (Å²) in [6.07, 6.45) is 1.97. The number of hydrogen-bond acceptors (Lipinski definition) is 2. The van der Waals surface area contributed by atoms with E-state index in [-0.39, 0.29) is 6.04 Å². The summed E-state index contributed by atoms with van der Waals surface area (Å²) in [5.74, 6) is 0. The van der Waals surface area contributed by atoms with Gasteiger partial charge in [-0.25, -0.2) is 0 Å². The number of hydrogen-bond donors (Lipinski definition) is 1. The van der Waals surface area contributed by atoms with Crippen LogP contribution in [0.3, 0.4) is 0 Å². The normalized spacial score (nSPS) is 12.7. The molecule has 1 aromatic carbocycles. The molecule has 0 spiro atoms. The van der Waals surface area contributed by atoms with Gasteiger partial charge < -0.3 is 5.32 Å². The van der Waals surface area contributed by atoms with Gasteiger partial charge in [0.15, 0.2) is 0 Å². The fourth-order valence-corrected chi connectivity index (χ4v) is 1.83. The monoisotopic (exact) mass is 215 g/mol. The second-order valence-corrected chi connectivity index (χ2v) is 4.05. The van der Waals surface area contributed by atoms with E-state index in [1.54, 1.807) is 0 Å². The van der Waals surface area contributed by atoms with Crippen molar-refractivity contribution in [1.82, 2.24) is 15.1 Å². The molecule has 1 atom stereocenters. The summed E-state index contributed by atoms with van der Waals surface area (Å²) in [7, 11) is 3.89. The van der Waals surface area contributed by atoms with Crippen LogP contribution in [0.15, 0.2) is 36.5 Å². The van der Waals surface area contributed by atoms with Crippen molar-refractivity contribution >= 4 is 0 Å². The van der Waals surface area contributed by atoms with Gasteiger partial charge in [0.1, 0.15) is 0 Å². The topological polar surface area (TPSA) is 29.9 Å². The highest BCUT2D eigenvalue weighted by Gasteiger charge is 2.13. The third-order valence-corrected chi connectivity index (χ3v) is 2.73. The Morgan fingerprint density at radius 3 is 2.38 bits per heavy atom. The Bertz CT molecular complexity index is 456. The summed E-state index contributed by atoms with van der Waals surface area (Å²) < 4.78 is 1.83. The molecular weight excluding hydrogens is 198 g/mol. The SMILES string of the molecule is CNC(c1ccc(C)cc1)c1ccn(C)n1. The minimum absolute atomic E-state index is 0.168. The Labute approximate surface area is 96.1 Å². The first kappa shape index (κ1) is 10.9. The standard InChI is InChI=1S/C13H17N3/c1-10-4-6-11(7-5-10)13(14-2)12-8-9-16(3)15-12/h4-9,13-14H,1-3H3. The van der Waals surface area contributed by atoms with Crippen LogP contribution in [0.2, 0.25) is 0 Å². The molecule has 3 heteroatoms. The summed E-state index contributed by atoms with van der Waals surface area (Å²) in [6, 6.07) is 10.8. The third-order valence-electron chi connectivity index (χ3n) is 2.73. The summed E-state index contributed by atoms with van der Waals surface area (Å²) in [4.78, 5) is 0. The van der Waals surface area contributed by atoms with Gasteiger partial charge in [-0.2, -0.15) is 5.10 Å². The number of rotatable bonds is 3. The molecule has 1 unspecified atom stereocenters. The molecule has 84 valence electrons. The molecule has 0 aliphatic heterocycles. The van der Waals surface area contributed by atoms with Gasteiger partial charge >= 0.3 is 0 Å². The first-order chi connectivity index (χ1) is 7.70. The Balaban J connectivity index is 2.32. The Morgan fingerprint density at radius 1 is 1.19 bits per heavy atom. The summed E-state index contributed by atoms with van der Waals surface area (Å²) in [6.45, 7) is 2.10. The fraction of sp³-hybridized carbons (Fsp3) is 0.308. The van der Waals surface area contributed by atoms with E-state index in [0.29, 0.717) is 0 Å². The lowest BCUT2D eigenvalue weighted by Gasteiger charge is -2.14. The van der Waals surface area contributed by atoms with Gasteiger partial charge in [0.25, 0.3) is 0 Å². The van der Waals surface area contributed by atoms with Gasteiger partial charge in [-0.15, -0.1) is 0 Å². The second-order valence-electron chi connectivity index (χ2n) is 4.05. The highest BCUT2D eigenvalue weighted by molar-refractivity contribution is 5.29. The molecule has 1 heterocycles. The quantitative estimate of drug-likeness (QED) is 0.849. The van der Waals surface area contributed by atoms with Crippen LogP contribution in [0, 0.1) is 6.92 Å². The predicted molar refractivity (Wildman–Crippen MR) is 65.3 cm³/mol. The van der Waals surface area contributed by atoms with Crippen LogP contribution in [-0.4, -0.2) is 16.8 Å². The lowest BCUT2D eigenvalue weighted by Crippen LogP contribution is -2.18. The van der Waals surface area contributed by atoms with E-state index in [9.17, 15) is 0 Å². The molecule has 0 amide bonds. The number of nitrogens with zero attached hydrogens (tertiary/aromatic N) is 2. The summed E-state index contributed by atoms with van der Waals surface area (Å²) >= 11 is 0. The van der Waals surface area contributed by atoms with Gasteiger partial charge in [0.05, 0.1) is 11.7 Å². The smallest absolute Gasteiger partial charge is 0.0839 e. The summed E-state index contributed by atoms with van der Waals surface area (Å²) in [5.41, 5.74) is 3.57. The Kier molecular flexibility index (Phi) is 3.06. The van der Waals surface area contributed by atoms with E-state index in [2.05, 4.69) is 41.6 Å². The fourth-order valence-electron chi connectivity index (χ4n) is 1.83. The maximum atomic E-state index is 4.43. The van der Waals surface area contributed by atoms with E-state index in [1.165, 1.54) is 11.1 Å². The second kappa shape index (κ2) is 4.49. The van der Waals surface area contributed by atoms with Gasteiger partial charge in [0, 0.05) is 13.2 Å². The zero-order valence-corrected chi connectivity index (χ0v) is 9.94. The van der Waals surface area contributed by atoms with Crippen LogP contribution in [0.5, 0.6) is 0 Å². The third kappa shape index (κ3) is 2.14. The van der Waals surface area contributed by atoms with Crippen molar-refractivity contribution in [3.8, 4) is 0 Å². The van der Waals surface area contributed by atoms with Crippen molar-refractivity contribution in [2.45, 2.75) is 13.0 Å². The minimum Gasteiger partial charge on any atom is -0.308 e. The highest BCUT2D eigenvalue weighted by atomic mass is 15.3. The number of aryl methyl sites for hydroxylation is 2. The first-order valence-electron chi connectivity index (χ1n) is 5.44. The Hall–Kier alpha value is -1.61. The molecule has 0 aliphatic carbocycles. The molecule has 0 fully saturated rings.